The van der Waals surface area contributed by atoms with Crippen LogP contribution in [-0.2, 0) is 11.2 Å². The maximum Gasteiger partial charge on any atom is 0.102 e. The van der Waals surface area contributed by atoms with Crippen molar-refractivity contribution in [3.63, 3.8) is 0 Å². The van der Waals surface area contributed by atoms with Crippen molar-refractivity contribution in [1.82, 2.24) is 4.98 Å². The van der Waals surface area contributed by atoms with Crippen LogP contribution in [0.5, 0.6) is 0 Å². The highest BCUT2D eigenvalue weighted by Crippen LogP contribution is 2.16. The minimum atomic E-state index is 0.616. The molecule has 1 saturated heterocycles. The predicted octanol–water partition coefficient (Wildman–Crippen LogP) is 1.44. The summed E-state index contributed by atoms with van der Waals surface area (Å²) < 4.78 is 6.91. The van der Waals surface area contributed by atoms with Crippen molar-refractivity contribution in [2.24, 2.45) is 0 Å². The number of aromatic nitrogens is 1. The van der Waals surface area contributed by atoms with E-state index in [1.807, 2.05) is 0 Å². The van der Waals surface area contributed by atoms with Gasteiger partial charge in [-0.3, -0.25) is 4.98 Å². The second kappa shape index (κ2) is 6.90. The lowest BCUT2D eigenvalue weighted by molar-refractivity contribution is -0.898. The highest BCUT2D eigenvalue weighted by Gasteiger charge is 2.25. The highest BCUT2D eigenvalue weighted by atomic mass is 16.5. The first-order valence-corrected chi connectivity index (χ1v) is 7.50. The Morgan fingerprint density at radius 3 is 2.70 bits per heavy atom. The summed E-state index contributed by atoms with van der Waals surface area (Å²) in [6, 6.07) is 1.77. The van der Waals surface area contributed by atoms with Crippen LogP contribution in [0.1, 0.15) is 25.0 Å². The lowest BCUT2D eigenvalue weighted by atomic mass is 10.2. The molecule has 1 aromatic rings. The van der Waals surface area contributed by atoms with Gasteiger partial charge in [-0.2, -0.15) is 0 Å². The summed E-state index contributed by atoms with van der Waals surface area (Å²) in [7, 11) is 2.33. The fraction of sp³-hybridized carbons (Fsp3) is 0.667. The van der Waals surface area contributed by atoms with Gasteiger partial charge in [-0.1, -0.05) is 0 Å². The third-order valence-corrected chi connectivity index (χ3v) is 4.15. The van der Waals surface area contributed by atoms with Crippen LogP contribution in [0.2, 0.25) is 0 Å². The molecule has 4 N–H and O–H groups in total. The SMILES string of the molecule is C[N+]1(CCOCCCc2ncc(N)cc2N)CCCC1. The number of nitrogen functional groups attached to an aromatic ring is 2. The fourth-order valence-corrected chi connectivity index (χ4v) is 2.79. The van der Waals surface area contributed by atoms with Gasteiger partial charge in [0.05, 0.1) is 50.0 Å². The van der Waals surface area contributed by atoms with Crippen LogP contribution in [0.4, 0.5) is 11.4 Å². The van der Waals surface area contributed by atoms with Gasteiger partial charge in [0.2, 0.25) is 0 Å². The average Bonchev–Trinajstić information content (AvgIpc) is 2.83. The zero-order chi connectivity index (χ0) is 14.4. The average molecular weight is 279 g/mol. The molecule has 2 rings (SSSR count). The molecule has 0 aromatic carbocycles. The largest absolute Gasteiger partial charge is 0.397 e. The second-order valence-electron chi connectivity index (χ2n) is 6.02. The molecular weight excluding hydrogens is 252 g/mol. The van der Waals surface area contributed by atoms with Crippen molar-refractivity contribution in [1.29, 1.82) is 0 Å². The van der Waals surface area contributed by atoms with Gasteiger partial charge in [-0.15, -0.1) is 0 Å². The standard InChI is InChI=1S/C15H27N4O/c1-19(6-2-3-7-19)8-10-20-9-4-5-15-14(17)11-13(16)12-18-15/h11-12H,2-10,16-17H2,1H3/q+1. The third kappa shape index (κ3) is 4.35. The van der Waals surface area contributed by atoms with E-state index in [-0.39, 0.29) is 0 Å². The first kappa shape index (κ1) is 15.1. The van der Waals surface area contributed by atoms with E-state index in [2.05, 4.69) is 12.0 Å². The van der Waals surface area contributed by atoms with Crippen molar-refractivity contribution in [2.45, 2.75) is 25.7 Å². The first-order valence-electron chi connectivity index (χ1n) is 7.50. The Kier molecular flexibility index (Phi) is 5.20. The van der Waals surface area contributed by atoms with E-state index in [1.54, 1.807) is 12.3 Å². The van der Waals surface area contributed by atoms with E-state index >= 15 is 0 Å². The van der Waals surface area contributed by atoms with Gasteiger partial charge in [0.1, 0.15) is 6.54 Å². The van der Waals surface area contributed by atoms with E-state index in [4.69, 9.17) is 16.2 Å². The number of likely N-dealkylation sites (N-methyl/N-ethyl adjacent to an activating group) is 1. The van der Waals surface area contributed by atoms with E-state index in [9.17, 15) is 0 Å². The lowest BCUT2D eigenvalue weighted by Crippen LogP contribution is -2.43. The zero-order valence-corrected chi connectivity index (χ0v) is 12.5. The molecule has 0 amide bonds. The molecule has 1 aliphatic heterocycles. The summed E-state index contributed by atoms with van der Waals surface area (Å²) in [5.41, 5.74) is 13.7. The number of rotatable bonds is 7. The number of aryl methyl sites for hydroxylation is 1. The summed E-state index contributed by atoms with van der Waals surface area (Å²) in [6.45, 7) is 5.35. The maximum absolute atomic E-state index is 5.88. The molecule has 5 heteroatoms. The summed E-state index contributed by atoms with van der Waals surface area (Å²) in [6.07, 6.45) is 6.17. The van der Waals surface area contributed by atoms with Crippen molar-refractivity contribution < 1.29 is 9.22 Å². The number of hydrogen-bond acceptors (Lipinski definition) is 4. The Balaban J connectivity index is 1.59. The molecule has 0 spiro atoms. The number of hydrogen-bond donors (Lipinski definition) is 2. The zero-order valence-electron chi connectivity index (χ0n) is 12.5. The summed E-state index contributed by atoms with van der Waals surface area (Å²) in [5.74, 6) is 0. The maximum atomic E-state index is 5.88. The Morgan fingerprint density at radius 2 is 2.00 bits per heavy atom. The van der Waals surface area contributed by atoms with Gasteiger partial charge >= 0.3 is 0 Å². The Bertz CT molecular complexity index is 430. The van der Waals surface area contributed by atoms with Gasteiger partial charge in [-0.25, -0.2) is 0 Å². The molecule has 5 nitrogen and oxygen atoms in total. The number of pyridine rings is 1. The van der Waals surface area contributed by atoms with Crippen LogP contribution >= 0.6 is 0 Å². The normalized spacial score (nSPS) is 17.4. The molecule has 0 radical (unpaired) electrons. The molecule has 0 unspecified atom stereocenters. The van der Waals surface area contributed by atoms with Crippen molar-refractivity contribution >= 4 is 11.4 Å². The summed E-state index contributed by atoms with van der Waals surface area (Å²) in [4.78, 5) is 4.26. The van der Waals surface area contributed by atoms with Crippen LogP contribution in [0.15, 0.2) is 12.3 Å². The molecule has 1 aromatic heterocycles. The van der Waals surface area contributed by atoms with E-state index < -0.39 is 0 Å². The molecule has 1 fully saturated rings. The van der Waals surface area contributed by atoms with Crippen molar-refractivity contribution in [3.05, 3.63) is 18.0 Å². The number of likely N-dealkylation sites (tertiary alicyclic amines) is 1. The molecular formula is C15H27N4O+. The van der Waals surface area contributed by atoms with E-state index in [0.29, 0.717) is 11.4 Å². The van der Waals surface area contributed by atoms with E-state index in [0.717, 1.165) is 38.3 Å². The van der Waals surface area contributed by atoms with Crippen LogP contribution < -0.4 is 11.5 Å². The summed E-state index contributed by atoms with van der Waals surface area (Å²) in [5, 5.41) is 0. The second-order valence-corrected chi connectivity index (χ2v) is 6.02. The monoisotopic (exact) mass is 279 g/mol. The number of anilines is 2. The van der Waals surface area contributed by atoms with E-state index in [1.165, 1.54) is 30.4 Å². The molecule has 112 valence electrons. The molecule has 0 bridgehead atoms. The van der Waals surface area contributed by atoms with Gasteiger partial charge in [-0.05, 0) is 18.9 Å². The van der Waals surface area contributed by atoms with Crippen molar-refractivity contribution in [2.75, 3.05) is 51.4 Å². The third-order valence-electron chi connectivity index (χ3n) is 4.15. The summed E-state index contributed by atoms with van der Waals surface area (Å²) >= 11 is 0. The molecule has 2 heterocycles. The van der Waals surface area contributed by atoms with Gasteiger partial charge in [0, 0.05) is 19.4 Å². The Hall–Kier alpha value is -1.33. The molecule has 0 aliphatic carbocycles. The number of nitrogens with zero attached hydrogens (tertiary/aromatic N) is 2. The number of quaternary nitrogens is 1. The van der Waals surface area contributed by atoms with Gasteiger partial charge in [0.15, 0.2) is 0 Å². The van der Waals surface area contributed by atoms with Gasteiger partial charge < -0.3 is 20.7 Å². The van der Waals surface area contributed by atoms with Crippen molar-refractivity contribution in [3.8, 4) is 0 Å². The Morgan fingerprint density at radius 1 is 1.25 bits per heavy atom. The number of nitrogens with two attached hydrogens (primary N) is 2. The molecule has 20 heavy (non-hydrogen) atoms. The van der Waals surface area contributed by atoms with Crippen LogP contribution in [0.3, 0.4) is 0 Å². The topological polar surface area (TPSA) is 74.2 Å². The minimum absolute atomic E-state index is 0.616. The molecule has 0 atom stereocenters. The predicted molar refractivity (Wildman–Crippen MR) is 82.2 cm³/mol. The molecule has 0 saturated carbocycles. The first-order chi connectivity index (χ1) is 9.59. The fourth-order valence-electron chi connectivity index (χ4n) is 2.79. The minimum Gasteiger partial charge on any atom is -0.397 e. The quantitative estimate of drug-likeness (QED) is 0.585. The Labute approximate surface area is 121 Å². The van der Waals surface area contributed by atoms with Crippen LogP contribution in [0.25, 0.3) is 0 Å². The van der Waals surface area contributed by atoms with Gasteiger partial charge in [0.25, 0.3) is 0 Å². The lowest BCUT2D eigenvalue weighted by Gasteiger charge is -2.28. The molecule has 1 aliphatic rings. The number of ether oxygens (including phenoxy) is 1. The highest BCUT2D eigenvalue weighted by molar-refractivity contribution is 5.52. The van der Waals surface area contributed by atoms with Crippen LogP contribution in [0, 0.1) is 0 Å². The van der Waals surface area contributed by atoms with Crippen LogP contribution in [-0.4, -0.2) is 49.4 Å². The smallest absolute Gasteiger partial charge is 0.102 e.